The number of hydrogen-bond donors (Lipinski definition) is 1. The zero-order valence-electron chi connectivity index (χ0n) is 9.41. The molecular weight excluding hydrogens is 250 g/mol. The van der Waals surface area contributed by atoms with Crippen LogP contribution in [0.1, 0.15) is 11.8 Å². The van der Waals surface area contributed by atoms with Gasteiger partial charge in [-0.3, -0.25) is 4.84 Å². The molecule has 1 saturated heterocycles. The number of hydroxylamine groups is 1. The lowest BCUT2D eigenvalue weighted by Crippen LogP contribution is -2.05. The van der Waals surface area contributed by atoms with Crippen LogP contribution in [0.3, 0.4) is 0 Å². The molecule has 5 heteroatoms. The zero-order chi connectivity index (χ0) is 12.6. The molecule has 1 heterocycles. The van der Waals surface area contributed by atoms with Crippen LogP contribution in [0, 0.1) is 0 Å². The Morgan fingerprint density at radius 3 is 2.22 bits per heavy atom. The van der Waals surface area contributed by atoms with Crippen molar-refractivity contribution in [1.82, 2.24) is 5.48 Å². The van der Waals surface area contributed by atoms with Gasteiger partial charge in [-0.25, -0.2) is 8.42 Å². The summed E-state index contributed by atoms with van der Waals surface area (Å²) in [6.07, 6.45) is -0.320. The van der Waals surface area contributed by atoms with Crippen molar-refractivity contribution in [3.63, 3.8) is 0 Å². The minimum atomic E-state index is -3.49. The van der Waals surface area contributed by atoms with E-state index < -0.39 is 9.84 Å². The lowest BCUT2D eigenvalue weighted by molar-refractivity contribution is 0.372. The molecule has 2 aromatic rings. The van der Waals surface area contributed by atoms with Gasteiger partial charge in [0.1, 0.15) is 0 Å². The van der Waals surface area contributed by atoms with E-state index in [4.69, 9.17) is 4.84 Å². The summed E-state index contributed by atoms with van der Waals surface area (Å²) >= 11 is 0. The van der Waals surface area contributed by atoms with Gasteiger partial charge in [0.2, 0.25) is 9.84 Å². The van der Waals surface area contributed by atoms with E-state index >= 15 is 0 Å². The third kappa shape index (κ3) is 1.92. The minimum Gasteiger partial charge on any atom is -0.273 e. The van der Waals surface area contributed by atoms with E-state index in [1.807, 2.05) is 0 Å². The van der Waals surface area contributed by atoms with Gasteiger partial charge in [0, 0.05) is 5.56 Å². The van der Waals surface area contributed by atoms with Crippen LogP contribution in [0.2, 0.25) is 0 Å². The highest BCUT2D eigenvalue weighted by Gasteiger charge is 2.31. The second-order valence-electron chi connectivity index (χ2n) is 3.97. The Labute approximate surface area is 105 Å². The summed E-state index contributed by atoms with van der Waals surface area (Å²) in [6.45, 7) is 0. The molecular formula is C13H11NO3S. The molecule has 0 aliphatic carbocycles. The van der Waals surface area contributed by atoms with E-state index in [1.165, 1.54) is 0 Å². The molecule has 1 aliphatic rings. The van der Waals surface area contributed by atoms with Crippen molar-refractivity contribution in [2.75, 3.05) is 0 Å². The first-order valence-corrected chi connectivity index (χ1v) is 6.98. The van der Waals surface area contributed by atoms with E-state index in [0.29, 0.717) is 5.56 Å². The van der Waals surface area contributed by atoms with Gasteiger partial charge in [-0.15, -0.1) is 0 Å². The summed E-state index contributed by atoms with van der Waals surface area (Å²) in [5.74, 6) is 0. The van der Waals surface area contributed by atoms with Crippen LogP contribution in [0.5, 0.6) is 0 Å². The molecule has 1 fully saturated rings. The van der Waals surface area contributed by atoms with Crippen LogP contribution in [-0.4, -0.2) is 8.42 Å². The van der Waals surface area contributed by atoms with Crippen molar-refractivity contribution in [3.8, 4) is 0 Å². The van der Waals surface area contributed by atoms with E-state index in [9.17, 15) is 8.42 Å². The maximum atomic E-state index is 12.5. The Morgan fingerprint density at radius 2 is 1.56 bits per heavy atom. The monoisotopic (exact) mass is 261 g/mol. The highest BCUT2D eigenvalue weighted by Crippen LogP contribution is 2.32. The highest BCUT2D eigenvalue weighted by atomic mass is 32.2. The molecule has 1 unspecified atom stereocenters. The van der Waals surface area contributed by atoms with Crippen molar-refractivity contribution in [2.24, 2.45) is 0 Å². The topological polar surface area (TPSA) is 68.6 Å². The van der Waals surface area contributed by atoms with Crippen LogP contribution >= 0.6 is 0 Å². The Bertz CT molecular complexity index is 664. The Balaban J connectivity index is 2.15. The SMILES string of the molecule is O=S(=O)(c1ccccc1)c1ccccc1C1NO1. The van der Waals surface area contributed by atoms with Crippen LogP contribution in [-0.2, 0) is 14.7 Å². The summed E-state index contributed by atoms with van der Waals surface area (Å²) in [4.78, 5) is 5.53. The predicted molar refractivity (Wildman–Crippen MR) is 65.3 cm³/mol. The Kier molecular flexibility index (Phi) is 2.66. The molecule has 0 saturated carbocycles. The number of rotatable bonds is 3. The average Bonchev–Trinajstić information content (AvgIpc) is 3.24. The Hall–Kier alpha value is -1.69. The van der Waals surface area contributed by atoms with Crippen molar-refractivity contribution in [1.29, 1.82) is 0 Å². The molecule has 1 N–H and O–H groups in total. The van der Waals surface area contributed by atoms with Crippen LogP contribution in [0.4, 0.5) is 0 Å². The van der Waals surface area contributed by atoms with Gasteiger partial charge in [-0.05, 0) is 18.2 Å². The van der Waals surface area contributed by atoms with Crippen LogP contribution < -0.4 is 5.48 Å². The smallest absolute Gasteiger partial charge is 0.207 e. The van der Waals surface area contributed by atoms with E-state index in [-0.39, 0.29) is 16.0 Å². The lowest BCUT2D eigenvalue weighted by Gasteiger charge is -2.07. The summed E-state index contributed by atoms with van der Waals surface area (Å²) in [5.41, 5.74) is 3.29. The number of hydrogen-bond acceptors (Lipinski definition) is 4. The standard InChI is InChI=1S/C13H11NO3S/c15-18(16,10-6-2-1-3-7-10)12-9-5-4-8-11(12)13-14-17-13/h1-9,13-14H. The quantitative estimate of drug-likeness (QED) is 0.859. The van der Waals surface area contributed by atoms with Crippen molar-refractivity contribution < 1.29 is 13.3 Å². The second kappa shape index (κ2) is 4.20. The second-order valence-corrected chi connectivity index (χ2v) is 5.89. The normalized spacial score (nSPS) is 18.6. The van der Waals surface area contributed by atoms with Crippen molar-refractivity contribution in [3.05, 3.63) is 60.2 Å². The van der Waals surface area contributed by atoms with E-state index in [1.54, 1.807) is 54.6 Å². The summed E-state index contributed by atoms with van der Waals surface area (Å²) < 4.78 is 25.0. The largest absolute Gasteiger partial charge is 0.273 e. The Morgan fingerprint density at radius 1 is 0.944 bits per heavy atom. The predicted octanol–water partition coefficient (Wildman–Crippen LogP) is 2.05. The van der Waals surface area contributed by atoms with Crippen LogP contribution in [0.15, 0.2) is 64.4 Å². The fraction of sp³-hybridized carbons (Fsp3) is 0.0769. The maximum Gasteiger partial charge on any atom is 0.207 e. The first-order valence-electron chi connectivity index (χ1n) is 5.50. The molecule has 3 rings (SSSR count). The zero-order valence-corrected chi connectivity index (χ0v) is 10.2. The molecule has 18 heavy (non-hydrogen) atoms. The van der Waals surface area contributed by atoms with E-state index in [2.05, 4.69) is 5.48 Å². The molecule has 0 spiro atoms. The van der Waals surface area contributed by atoms with Crippen LogP contribution in [0.25, 0.3) is 0 Å². The molecule has 0 radical (unpaired) electrons. The first-order chi connectivity index (χ1) is 8.69. The average molecular weight is 261 g/mol. The van der Waals surface area contributed by atoms with Gasteiger partial charge >= 0.3 is 0 Å². The molecule has 0 bridgehead atoms. The summed E-state index contributed by atoms with van der Waals surface area (Å²) in [5, 5.41) is 0. The van der Waals surface area contributed by atoms with E-state index in [0.717, 1.165) is 0 Å². The van der Waals surface area contributed by atoms with Gasteiger partial charge in [-0.1, -0.05) is 36.4 Å². The third-order valence-corrected chi connectivity index (χ3v) is 4.62. The molecule has 4 nitrogen and oxygen atoms in total. The van der Waals surface area contributed by atoms with Gasteiger partial charge in [0.25, 0.3) is 0 Å². The fourth-order valence-corrected chi connectivity index (χ4v) is 3.34. The number of benzene rings is 2. The lowest BCUT2D eigenvalue weighted by atomic mass is 10.2. The highest BCUT2D eigenvalue weighted by molar-refractivity contribution is 7.91. The molecule has 1 aliphatic heterocycles. The minimum absolute atomic E-state index is 0.284. The first kappa shape index (κ1) is 11.4. The van der Waals surface area contributed by atoms with Gasteiger partial charge < -0.3 is 0 Å². The summed E-state index contributed by atoms with van der Waals surface area (Å²) in [7, 11) is -3.49. The number of nitrogens with one attached hydrogen (secondary N) is 1. The maximum absolute atomic E-state index is 12.5. The fourth-order valence-electron chi connectivity index (χ4n) is 1.83. The van der Waals surface area contributed by atoms with Crippen molar-refractivity contribution in [2.45, 2.75) is 16.0 Å². The molecule has 2 aromatic carbocycles. The van der Waals surface area contributed by atoms with Gasteiger partial charge in [0.15, 0.2) is 6.23 Å². The molecule has 92 valence electrons. The third-order valence-electron chi connectivity index (χ3n) is 2.78. The number of sulfone groups is 1. The van der Waals surface area contributed by atoms with Gasteiger partial charge in [-0.2, -0.15) is 5.48 Å². The van der Waals surface area contributed by atoms with Gasteiger partial charge in [0.05, 0.1) is 9.79 Å². The summed E-state index contributed by atoms with van der Waals surface area (Å²) in [6, 6.07) is 15.2. The molecule has 0 aromatic heterocycles. The molecule has 0 amide bonds. The van der Waals surface area contributed by atoms with Crippen molar-refractivity contribution >= 4 is 9.84 Å². The molecule has 1 atom stereocenters.